The first-order chi connectivity index (χ1) is 21.5. The Labute approximate surface area is 259 Å². The van der Waals surface area contributed by atoms with E-state index >= 15 is 0 Å². The second-order valence-electron chi connectivity index (χ2n) is 12.0. The van der Waals surface area contributed by atoms with Crippen LogP contribution in [0.15, 0.2) is 66.9 Å². The Balaban J connectivity index is 1.28. The zero-order valence-corrected chi connectivity index (χ0v) is 24.9. The van der Waals surface area contributed by atoms with Crippen molar-refractivity contribution in [1.29, 1.82) is 0 Å². The third-order valence-electron chi connectivity index (χ3n) is 9.35. The zero-order chi connectivity index (χ0) is 29.8. The summed E-state index contributed by atoms with van der Waals surface area (Å²) in [4.78, 5) is 18.5. The SMILES string of the molecule is Nc1ncccc1CN1CCOc2c(Cl)c(-c3cccc4ccccc34)cc3nc(OC[C@@]45CCCN4C[C@H](F)C5)nc1c23. The van der Waals surface area contributed by atoms with Crippen molar-refractivity contribution in [2.24, 2.45) is 0 Å². The lowest BCUT2D eigenvalue weighted by Crippen LogP contribution is -2.43. The van der Waals surface area contributed by atoms with E-state index in [0.29, 0.717) is 67.2 Å². The van der Waals surface area contributed by atoms with Gasteiger partial charge in [-0.2, -0.15) is 9.97 Å². The van der Waals surface area contributed by atoms with Crippen molar-refractivity contribution in [2.45, 2.75) is 37.5 Å². The number of nitrogen functional groups attached to an aromatic ring is 1. The molecule has 0 aliphatic carbocycles. The number of aromatic nitrogens is 3. The van der Waals surface area contributed by atoms with Crippen LogP contribution in [0.1, 0.15) is 24.8 Å². The Morgan fingerprint density at radius 2 is 1.95 bits per heavy atom. The molecule has 0 amide bonds. The molecule has 224 valence electrons. The van der Waals surface area contributed by atoms with E-state index in [9.17, 15) is 4.39 Å². The molecule has 2 N–H and O–H groups in total. The number of anilines is 2. The molecular weight excluding hydrogens is 579 g/mol. The van der Waals surface area contributed by atoms with Gasteiger partial charge in [0, 0.05) is 36.8 Å². The summed E-state index contributed by atoms with van der Waals surface area (Å²) in [7, 11) is 0. The van der Waals surface area contributed by atoms with Gasteiger partial charge in [-0.3, -0.25) is 4.90 Å². The highest BCUT2D eigenvalue weighted by molar-refractivity contribution is 6.37. The van der Waals surface area contributed by atoms with E-state index in [1.807, 2.05) is 36.4 Å². The maximum atomic E-state index is 14.5. The highest BCUT2D eigenvalue weighted by Gasteiger charge is 2.49. The maximum Gasteiger partial charge on any atom is 0.319 e. The number of fused-ring (bicyclic) bond motifs is 2. The zero-order valence-electron chi connectivity index (χ0n) is 24.2. The molecule has 0 unspecified atom stereocenters. The lowest BCUT2D eigenvalue weighted by molar-refractivity contribution is 0.107. The van der Waals surface area contributed by atoms with Gasteiger partial charge in [-0.1, -0.05) is 60.1 Å². The van der Waals surface area contributed by atoms with Crippen LogP contribution in [0.4, 0.5) is 16.0 Å². The Morgan fingerprint density at radius 3 is 2.86 bits per heavy atom. The van der Waals surface area contributed by atoms with Crippen LogP contribution >= 0.6 is 11.6 Å². The highest BCUT2D eigenvalue weighted by Crippen LogP contribution is 2.47. The molecule has 0 bridgehead atoms. The number of hydrogen-bond donors (Lipinski definition) is 1. The third-order valence-corrected chi connectivity index (χ3v) is 9.72. The van der Waals surface area contributed by atoms with Crippen molar-refractivity contribution in [3.05, 3.63) is 77.4 Å². The van der Waals surface area contributed by atoms with Crippen molar-refractivity contribution in [2.75, 3.05) is 43.5 Å². The van der Waals surface area contributed by atoms with Crippen LogP contribution < -0.4 is 20.1 Å². The number of rotatable bonds is 6. The fraction of sp³-hybridized carbons (Fsp3) is 0.324. The Hall–Kier alpha value is -4.21. The lowest BCUT2D eigenvalue weighted by Gasteiger charge is -2.31. The van der Waals surface area contributed by atoms with Gasteiger partial charge in [0.2, 0.25) is 0 Å². The summed E-state index contributed by atoms with van der Waals surface area (Å²) in [6, 6.07) is 20.5. The summed E-state index contributed by atoms with van der Waals surface area (Å²) in [6.07, 6.45) is 3.25. The van der Waals surface area contributed by atoms with Crippen LogP contribution in [0.25, 0.3) is 32.8 Å². The molecule has 2 atom stereocenters. The van der Waals surface area contributed by atoms with E-state index in [1.54, 1.807) is 6.20 Å². The number of pyridine rings is 1. The number of nitrogens with two attached hydrogens (primary N) is 1. The molecule has 10 heteroatoms. The van der Waals surface area contributed by atoms with Gasteiger partial charge < -0.3 is 20.1 Å². The lowest BCUT2D eigenvalue weighted by atomic mass is 9.95. The highest BCUT2D eigenvalue weighted by atomic mass is 35.5. The average molecular weight is 611 g/mol. The molecule has 8 nitrogen and oxygen atoms in total. The van der Waals surface area contributed by atoms with E-state index in [4.69, 9.17) is 36.8 Å². The predicted molar refractivity (Wildman–Crippen MR) is 171 cm³/mol. The number of benzene rings is 3. The minimum absolute atomic E-state index is 0.249. The Kier molecular flexibility index (Phi) is 6.68. The Morgan fingerprint density at radius 1 is 1.07 bits per heavy atom. The fourth-order valence-corrected chi connectivity index (χ4v) is 7.55. The molecule has 8 rings (SSSR count). The molecule has 44 heavy (non-hydrogen) atoms. The molecule has 3 aromatic carbocycles. The minimum atomic E-state index is -0.841. The summed E-state index contributed by atoms with van der Waals surface area (Å²) in [5, 5.41) is 3.43. The molecule has 2 saturated heterocycles. The first-order valence-electron chi connectivity index (χ1n) is 15.1. The van der Waals surface area contributed by atoms with Crippen molar-refractivity contribution in [3.63, 3.8) is 0 Å². The molecular formula is C34H32ClFN6O2. The summed E-state index contributed by atoms with van der Waals surface area (Å²) in [6.45, 7) is 3.08. The normalized spacial score (nSPS) is 21.4. The molecule has 3 aliphatic heterocycles. The third kappa shape index (κ3) is 4.57. The fourth-order valence-electron chi connectivity index (χ4n) is 7.24. The molecule has 2 aromatic heterocycles. The number of nitrogens with zero attached hydrogens (tertiary/aromatic N) is 5. The van der Waals surface area contributed by atoms with E-state index in [2.05, 4.69) is 39.0 Å². The second-order valence-corrected chi connectivity index (χ2v) is 12.4. The van der Waals surface area contributed by atoms with Crippen LogP contribution in [0, 0.1) is 0 Å². The van der Waals surface area contributed by atoms with Gasteiger partial charge in [0.15, 0.2) is 5.75 Å². The van der Waals surface area contributed by atoms with Crippen molar-refractivity contribution < 1.29 is 13.9 Å². The topological polar surface area (TPSA) is 89.6 Å². The quantitative estimate of drug-likeness (QED) is 0.235. The van der Waals surface area contributed by atoms with Gasteiger partial charge in [0.25, 0.3) is 0 Å². The molecule has 2 fully saturated rings. The summed E-state index contributed by atoms with van der Waals surface area (Å²) < 4.78 is 27.3. The largest absolute Gasteiger partial charge is 0.489 e. The van der Waals surface area contributed by atoms with Gasteiger partial charge in [-0.05, 0) is 47.9 Å². The Bertz CT molecular complexity index is 1900. The molecule has 3 aliphatic rings. The van der Waals surface area contributed by atoms with Crippen LogP contribution in [-0.2, 0) is 6.54 Å². The number of alkyl halides is 1. The first-order valence-corrected chi connectivity index (χ1v) is 15.5. The summed E-state index contributed by atoms with van der Waals surface area (Å²) in [5.41, 5.74) is 9.28. The van der Waals surface area contributed by atoms with Crippen molar-refractivity contribution >= 4 is 44.9 Å². The first kappa shape index (κ1) is 27.3. The standard InChI is InChI=1S/C34H32ClFN6O2/c35-29-26(25-10-3-7-21-6-1-2-9-24(21)25)16-27-28-30(29)43-15-14-41(18-22-8-4-12-38-31(22)37)32(28)40-33(39-27)44-20-34-11-5-13-42(34)19-23(36)17-34/h1-4,6-10,12,16,23H,5,11,13-15,17-20H2,(H2,37,38)/t23-,34+/m1/s1. The molecule has 0 radical (unpaired) electrons. The van der Waals surface area contributed by atoms with E-state index < -0.39 is 6.17 Å². The average Bonchev–Trinajstić information content (AvgIpc) is 3.49. The van der Waals surface area contributed by atoms with Crippen LogP contribution in [0.5, 0.6) is 11.8 Å². The van der Waals surface area contributed by atoms with Crippen LogP contribution in [0.3, 0.4) is 0 Å². The molecule has 0 spiro atoms. The van der Waals surface area contributed by atoms with E-state index in [1.165, 1.54) is 0 Å². The van der Waals surface area contributed by atoms with Gasteiger partial charge in [-0.25, -0.2) is 9.37 Å². The van der Waals surface area contributed by atoms with E-state index in [0.717, 1.165) is 52.2 Å². The minimum Gasteiger partial charge on any atom is -0.489 e. The number of halogens is 2. The van der Waals surface area contributed by atoms with Crippen LogP contribution in [0.2, 0.25) is 5.02 Å². The van der Waals surface area contributed by atoms with Crippen molar-refractivity contribution in [3.8, 4) is 22.9 Å². The van der Waals surface area contributed by atoms with Crippen LogP contribution in [-0.4, -0.2) is 64.4 Å². The summed E-state index contributed by atoms with van der Waals surface area (Å²) >= 11 is 7.19. The van der Waals surface area contributed by atoms with Crippen molar-refractivity contribution in [1.82, 2.24) is 19.9 Å². The van der Waals surface area contributed by atoms with E-state index in [-0.39, 0.29) is 11.5 Å². The number of ether oxygens (including phenoxy) is 2. The second kappa shape index (κ2) is 10.7. The smallest absolute Gasteiger partial charge is 0.319 e. The van der Waals surface area contributed by atoms with Gasteiger partial charge in [-0.15, -0.1) is 0 Å². The summed E-state index contributed by atoms with van der Waals surface area (Å²) in [5.74, 6) is 1.67. The van der Waals surface area contributed by atoms with Gasteiger partial charge >= 0.3 is 6.01 Å². The van der Waals surface area contributed by atoms with Gasteiger partial charge in [0.1, 0.15) is 31.0 Å². The monoisotopic (exact) mass is 610 g/mol. The molecule has 5 aromatic rings. The number of hydrogen-bond acceptors (Lipinski definition) is 8. The molecule has 5 heterocycles. The maximum absolute atomic E-state index is 14.5. The van der Waals surface area contributed by atoms with Gasteiger partial charge in [0.05, 0.1) is 28.0 Å². The predicted octanol–water partition coefficient (Wildman–Crippen LogP) is 6.43. The molecule has 0 saturated carbocycles.